The average Bonchev–Trinajstić information content (AvgIpc) is 2.57. The van der Waals surface area contributed by atoms with Crippen LogP contribution in [0.4, 0.5) is 0 Å². The van der Waals surface area contributed by atoms with Crippen molar-refractivity contribution in [1.29, 1.82) is 0 Å². The normalized spacial score (nSPS) is 10.9. The standard InChI is InChI=1S/C20H19NO3/c1-14-12-17(20(23)24)13-16-9-10-18(22)21(19(14)16)11-5-8-15-6-3-2-4-7-15/h2-4,6-7,9-10,12-13H,5,8,11H2,1H3,(H,23,24). The highest BCUT2D eigenvalue weighted by molar-refractivity contribution is 5.94. The van der Waals surface area contributed by atoms with Crippen molar-refractivity contribution in [2.75, 3.05) is 0 Å². The molecule has 0 amide bonds. The van der Waals surface area contributed by atoms with E-state index in [-0.39, 0.29) is 11.1 Å². The van der Waals surface area contributed by atoms with Gasteiger partial charge in [0.15, 0.2) is 0 Å². The van der Waals surface area contributed by atoms with Gasteiger partial charge >= 0.3 is 5.97 Å². The van der Waals surface area contributed by atoms with E-state index in [0.717, 1.165) is 29.3 Å². The molecule has 0 unspecified atom stereocenters. The molecule has 122 valence electrons. The Labute approximate surface area is 140 Å². The molecule has 24 heavy (non-hydrogen) atoms. The maximum atomic E-state index is 12.3. The minimum absolute atomic E-state index is 0.0539. The Kier molecular flexibility index (Phi) is 4.47. The molecule has 0 fully saturated rings. The summed E-state index contributed by atoms with van der Waals surface area (Å²) in [4.78, 5) is 23.5. The summed E-state index contributed by atoms with van der Waals surface area (Å²) in [6, 6.07) is 16.6. The summed E-state index contributed by atoms with van der Waals surface area (Å²) in [5, 5.41) is 9.98. The summed E-state index contributed by atoms with van der Waals surface area (Å²) >= 11 is 0. The number of rotatable bonds is 5. The number of carboxylic acids is 1. The quantitative estimate of drug-likeness (QED) is 0.780. The zero-order valence-corrected chi connectivity index (χ0v) is 13.5. The molecule has 3 rings (SSSR count). The van der Waals surface area contributed by atoms with Gasteiger partial charge in [0.2, 0.25) is 0 Å². The van der Waals surface area contributed by atoms with Crippen LogP contribution in [-0.2, 0) is 13.0 Å². The van der Waals surface area contributed by atoms with Gasteiger partial charge < -0.3 is 9.67 Å². The minimum Gasteiger partial charge on any atom is -0.478 e. The maximum absolute atomic E-state index is 12.3. The number of nitrogens with zero attached hydrogens (tertiary/aromatic N) is 1. The number of carbonyl (C=O) groups is 1. The predicted octanol–water partition coefficient (Wildman–Crippen LogP) is 3.64. The third kappa shape index (κ3) is 3.23. The van der Waals surface area contributed by atoms with Gasteiger partial charge in [-0.05, 0) is 54.5 Å². The van der Waals surface area contributed by atoms with Crippen LogP contribution in [0.3, 0.4) is 0 Å². The molecule has 4 heteroatoms. The maximum Gasteiger partial charge on any atom is 0.335 e. The lowest BCUT2D eigenvalue weighted by Crippen LogP contribution is -2.20. The number of hydrogen-bond donors (Lipinski definition) is 1. The SMILES string of the molecule is Cc1cc(C(=O)O)cc2ccc(=O)n(CCCc3ccccc3)c12. The van der Waals surface area contributed by atoms with Crippen molar-refractivity contribution in [3.8, 4) is 0 Å². The van der Waals surface area contributed by atoms with E-state index in [1.807, 2.05) is 25.1 Å². The molecule has 0 radical (unpaired) electrons. The zero-order chi connectivity index (χ0) is 17.1. The number of aromatic nitrogens is 1. The van der Waals surface area contributed by atoms with Crippen LogP contribution in [0.15, 0.2) is 59.4 Å². The minimum atomic E-state index is -0.957. The Balaban J connectivity index is 1.93. The van der Waals surface area contributed by atoms with Gasteiger partial charge in [0, 0.05) is 12.6 Å². The first-order valence-electron chi connectivity index (χ1n) is 7.97. The fourth-order valence-corrected chi connectivity index (χ4v) is 3.10. The van der Waals surface area contributed by atoms with Crippen molar-refractivity contribution in [3.63, 3.8) is 0 Å². The molecular weight excluding hydrogens is 302 g/mol. The van der Waals surface area contributed by atoms with Crippen molar-refractivity contribution in [2.45, 2.75) is 26.3 Å². The third-order valence-electron chi connectivity index (χ3n) is 4.21. The summed E-state index contributed by atoms with van der Waals surface area (Å²) in [6.45, 7) is 2.46. The Hall–Kier alpha value is -2.88. The summed E-state index contributed by atoms with van der Waals surface area (Å²) < 4.78 is 1.75. The highest BCUT2D eigenvalue weighted by Gasteiger charge is 2.11. The monoisotopic (exact) mass is 321 g/mol. The van der Waals surface area contributed by atoms with Gasteiger partial charge in [-0.1, -0.05) is 30.3 Å². The number of fused-ring (bicyclic) bond motifs is 1. The lowest BCUT2D eigenvalue weighted by molar-refractivity contribution is 0.0697. The molecule has 3 aromatic rings. The molecule has 4 nitrogen and oxygen atoms in total. The van der Waals surface area contributed by atoms with E-state index in [4.69, 9.17) is 0 Å². The van der Waals surface area contributed by atoms with Crippen LogP contribution in [0, 0.1) is 6.92 Å². The molecule has 0 saturated heterocycles. The molecule has 0 bridgehead atoms. The Morgan fingerprint density at radius 1 is 1.08 bits per heavy atom. The van der Waals surface area contributed by atoms with Crippen LogP contribution < -0.4 is 5.56 Å². The number of benzene rings is 2. The van der Waals surface area contributed by atoms with Gasteiger partial charge in [-0.25, -0.2) is 4.79 Å². The van der Waals surface area contributed by atoms with Crippen molar-refractivity contribution >= 4 is 16.9 Å². The van der Waals surface area contributed by atoms with Gasteiger partial charge in [0.25, 0.3) is 5.56 Å². The molecule has 1 N–H and O–H groups in total. The smallest absolute Gasteiger partial charge is 0.335 e. The Morgan fingerprint density at radius 3 is 2.54 bits per heavy atom. The Morgan fingerprint density at radius 2 is 1.83 bits per heavy atom. The lowest BCUT2D eigenvalue weighted by Gasteiger charge is -2.13. The lowest BCUT2D eigenvalue weighted by atomic mass is 10.0. The number of aromatic carboxylic acids is 1. The van der Waals surface area contributed by atoms with Crippen LogP contribution in [0.25, 0.3) is 10.9 Å². The van der Waals surface area contributed by atoms with Crippen LogP contribution in [-0.4, -0.2) is 15.6 Å². The van der Waals surface area contributed by atoms with Crippen LogP contribution >= 0.6 is 0 Å². The van der Waals surface area contributed by atoms with E-state index >= 15 is 0 Å². The fraction of sp³-hybridized carbons (Fsp3) is 0.200. The van der Waals surface area contributed by atoms with E-state index < -0.39 is 5.97 Å². The van der Waals surface area contributed by atoms with Crippen molar-refractivity contribution in [1.82, 2.24) is 4.57 Å². The second-order valence-corrected chi connectivity index (χ2v) is 5.95. The van der Waals surface area contributed by atoms with E-state index in [1.54, 1.807) is 22.8 Å². The second-order valence-electron chi connectivity index (χ2n) is 5.95. The van der Waals surface area contributed by atoms with Crippen LogP contribution in [0.1, 0.15) is 27.9 Å². The summed E-state index contributed by atoms with van der Waals surface area (Å²) in [5.74, 6) is -0.957. The Bertz CT molecular complexity index is 942. The summed E-state index contributed by atoms with van der Waals surface area (Å²) in [5.41, 5.74) is 3.06. The largest absolute Gasteiger partial charge is 0.478 e. The molecule has 0 atom stereocenters. The van der Waals surface area contributed by atoms with Crippen LogP contribution in [0.5, 0.6) is 0 Å². The van der Waals surface area contributed by atoms with Gasteiger partial charge in [0.1, 0.15) is 0 Å². The van der Waals surface area contributed by atoms with Crippen LogP contribution in [0.2, 0.25) is 0 Å². The predicted molar refractivity (Wildman–Crippen MR) is 94.7 cm³/mol. The zero-order valence-electron chi connectivity index (χ0n) is 13.5. The summed E-state index contributed by atoms with van der Waals surface area (Å²) in [7, 11) is 0. The number of aryl methyl sites for hydroxylation is 3. The molecule has 0 aliphatic heterocycles. The molecule has 1 aromatic heterocycles. The van der Waals surface area contributed by atoms with Gasteiger partial charge in [-0.15, -0.1) is 0 Å². The van der Waals surface area contributed by atoms with Crippen molar-refractivity contribution in [3.05, 3.63) is 81.6 Å². The van der Waals surface area contributed by atoms with Gasteiger partial charge in [-0.3, -0.25) is 4.79 Å². The molecule has 0 aliphatic carbocycles. The van der Waals surface area contributed by atoms with E-state index in [9.17, 15) is 14.7 Å². The number of pyridine rings is 1. The molecule has 0 saturated carbocycles. The number of carboxylic acid groups (broad SMARTS) is 1. The second kappa shape index (κ2) is 6.71. The van der Waals surface area contributed by atoms with Crippen molar-refractivity contribution in [2.24, 2.45) is 0 Å². The van der Waals surface area contributed by atoms with E-state index in [0.29, 0.717) is 6.54 Å². The topological polar surface area (TPSA) is 59.3 Å². The van der Waals surface area contributed by atoms with Gasteiger partial charge in [-0.2, -0.15) is 0 Å². The fourth-order valence-electron chi connectivity index (χ4n) is 3.10. The highest BCUT2D eigenvalue weighted by Crippen LogP contribution is 2.20. The highest BCUT2D eigenvalue weighted by atomic mass is 16.4. The average molecular weight is 321 g/mol. The molecule has 2 aromatic carbocycles. The first-order chi connectivity index (χ1) is 11.6. The first kappa shape index (κ1) is 16.0. The van der Waals surface area contributed by atoms with Crippen molar-refractivity contribution < 1.29 is 9.90 Å². The number of hydrogen-bond acceptors (Lipinski definition) is 2. The molecule has 1 heterocycles. The first-order valence-corrected chi connectivity index (χ1v) is 7.97. The molecular formula is C20H19NO3. The van der Waals surface area contributed by atoms with E-state index in [2.05, 4.69) is 12.1 Å². The van der Waals surface area contributed by atoms with Gasteiger partial charge in [0.05, 0.1) is 11.1 Å². The molecule has 0 aliphatic rings. The summed E-state index contributed by atoms with van der Waals surface area (Å²) in [6.07, 6.45) is 1.75. The third-order valence-corrected chi connectivity index (χ3v) is 4.21. The molecule has 0 spiro atoms. The van der Waals surface area contributed by atoms with E-state index in [1.165, 1.54) is 11.6 Å².